The minimum absolute atomic E-state index is 0.366. The number of carbonyl (C=O) groups is 1. The Morgan fingerprint density at radius 2 is 2.00 bits per heavy atom. The van der Waals surface area contributed by atoms with E-state index < -0.39 is 12.6 Å². The number of fused-ring (bicyclic) bond motifs is 1. The summed E-state index contributed by atoms with van der Waals surface area (Å²) >= 11 is 0. The van der Waals surface area contributed by atoms with Crippen LogP contribution in [-0.4, -0.2) is 27.2 Å². The molecule has 0 aliphatic rings. The van der Waals surface area contributed by atoms with Gasteiger partial charge in [0.05, 0.1) is 16.6 Å². The van der Waals surface area contributed by atoms with Gasteiger partial charge in [-0.1, -0.05) is 30.3 Å². The number of aryl methyl sites for hydroxylation is 1. The van der Waals surface area contributed by atoms with Gasteiger partial charge in [0, 0.05) is 12.6 Å². The summed E-state index contributed by atoms with van der Waals surface area (Å²) < 4.78 is 7.14. The summed E-state index contributed by atoms with van der Waals surface area (Å²) in [5.74, 6) is -0.122. The zero-order valence-corrected chi connectivity index (χ0v) is 13.5. The average Bonchev–Trinajstić information content (AvgIpc) is 2.95. The topological polar surface area (TPSA) is 88.1 Å². The Morgan fingerprint density at radius 1 is 1.28 bits per heavy atom. The standard InChI is InChI=1S/C19H15N3O3/c1-22-16-8-4-3-7-15(16)21-19(22)14(11-20)10-13-6-2-5-9-17(13)25-12-18(23)24/h2-10H,12H2,1H3,(H,23,24)/b14-10+. The number of nitrogens with zero attached hydrogens (tertiary/aromatic N) is 3. The number of carboxylic acid groups (broad SMARTS) is 1. The minimum atomic E-state index is -1.06. The Balaban J connectivity index is 2.05. The van der Waals surface area contributed by atoms with Crippen molar-refractivity contribution in [3.63, 3.8) is 0 Å². The molecule has 1 heterocycles. The highest BCUT2D eigenvalue weighted by molar-refractivity contribution is 5.91. The molecule has 0 spiro atoms. The first kappa shape index (κ1) is 16.3. The number of carboxylic acids is 1. The molecule has 0 atom stereocenters. The Hall–Kier alpha value is -3.59. The molecule has 0 bridgehead atoms. The van der Waals surface area contributed by atoms with E-state index in [1.54, 1.807) is 30.3 Å². The summed E-state index contributed by atoms with van der Waals surface area (Å²) in [5, 5.41) is 18.4. The molecule has 0 amide bonds. The third-order valence-electron chi connectivity index (χ3n) is 3.72. The molecule has 3 rings (SSSR count). The van der Waals surface area contributed by atoms with E-state index in [0.29, 0.717) is 22.7 Å². The van der Waals surface area contributed by atoms with Gasteiger partial charge in [-0.15, -0.1) is 0 Å². The molecule has 0 aliphatic heterocycles. The molecule has 0 fully saturated rings. The van der Waals surface area contributed by atoms with Gasteiger partial charge in [-0.2, -0.15) is 5.26 Å². The lowest BCUT2D eigenvalue weighted by Crippen LogP contribution is -2.10. The number of benzene rings is 2. The van der Waals surface area contributed by atoms with Gasteiger partial charge in [0.2, 0.25) is 0 Å². The second-order valence-corrected chi connectivity index (χ2v) is 5.37. The van der Waals surface area contributed by atoms with Gasteiger partial charge in [0.25, 0.3) is 0 Å². The van der Waals surface area contributed by atoms with E-state index in [9.17, 15) is 10.1 Å². The highest BCUT2D eigenvalue weighted by Crippen LogP contribution is 2.26. The fraction of sp³-hybridized carbons (Fsp3) is 0.105. The van der Waals surface area contributed by atoms with Crippen LogP contribution in [0.5, 0.6) is 5.75 Å². The van der Waals surface area contributed by atoms with Crippen molar-refractivity contribution >= 4 is 28.7 Å². The molecule has 3 aromatic rings. The monoisotopic (exact) mass is 333 g/mol. The van der Waals surface area contributed by atoms with E-state index in [-0.39, 0.29) is 0 Å². The molecule has 0 radical (unpaired) electrons. The van der Waals surface area contributed by atoms with E-state index in [1.165, 1.54) is 0 Å². The smallest absolute Gasteiger partial charge is 0.341 e. The molecule has 0 unspecified atom stereocenters. The first-order valence-corrected chi connectivity index (χ1v) is 7.57. The van der Waals surface area contributed by atoms with Crippen molar-refractivity contribution in [2.45, 2.75) is 0 Å². The van der Waals surface area contributed by atoms with Crippen LogP contribution in [0.3, 0.4) is 0 Å². The fourth-order valence-corrected chi connectivity index (χ4v) is 2.56. The van der Waals surface area contributed by atoms with Gasteiger partial charge in [0.15, 0.2) is 12.4 Å². The quantitative estimate of drug-likeness (QED) is 0.725. The molecule has 2 aromatic carbocycles. The van der Waals surface area contributed by atoms with Gasteiger partial charge >= 0.3 is 5.97 Å². The van der Waals surface area contributed by atoms with Crippen molar-refractivity contribution in [1.29, 1.82) is 5.26 Å². The van der Waals surface area contributed by atoms with Crippen LogP contribution in [0.15, 0.2) is 48.5 Å². The summed E-state index contributed by atoms with van der Waals surface area (Å²) in [7, 11) is 1.85. The van der Waals surface area contributed by atoms with Gasteiger partial charge in [-0.05, 0) is 24.3 Å². The molecule has 0 saturated carbocycles. The molecule has 0 saturated heterocycles. The van der Waals surface area contributed by atoms with Crippen LogP contribution in [0.25, 0.3) is 22.7 Å². The fourth-order valence-electron chi connectivity index (χ4n) is 2.56. The Kier molecular flexibility index (Phi) is 4.48. The van der Waals surface area contributed by atoms with Crippen molar-refractivity contribution < 1.29 is 14.6 Å². The van der Waals surface area contributed by atoms with Crippen LogP contribution in [0, 0.1) is 11.3 Å². The maximum Gasteiger partial charge on any atom is 0.341 e. The maximum absolute atomic E-state index is 10.7. The highest BCUT2D eigenvalue weighted by atomic mass is 16.5. The summed E-state index contributed by atoms with van der Waals surface area (Å²) in [5.41, 5.74) is 2.71. The zero-order valence-electron chi connectivity index (χ0n) is 13.5. The Morgan fingerprint density at radius 3 is 2.72 bits per heavy atom. The number of para-hydroxylation sites is 3. The van der Waals surface area contributed by atoms with Gasteiger partial charge in [-0.25, -0.2) is 9.78 Å². The van der Waals surface area contributed by atoms with E-state index in [4.69, 9.17) is 9.84 Å². The Labute approximate surface area is 144 Å². The predicted octanol–water partition coefficient (Wildman–Crippen LogP) is 3.10. The van der Waals surface area contributed by atoms with Crippen LogP contribution in [0.1, 0.15) is 11.4 Å². The SMILES string of the molecule is Cn1c(/C(C#N)=C/c2ccccc2OCC(=O)O)nc2ccccc21. The highest BCUT2D eigenvalue weighted by Gasteiger charge is 2.13. The summed E-state index contributed by atoms with van der Waals surface area (Å²) in [4.78, 5) is 15.2. The first-order valence-electron chi connectivity index (χ1n) is 7.57. The van der Waals surface area contributed by atoms with Crippen LogP contribution in [0.2, 0.25) is 0 Å². The number of ether oxygens (including phenoxy) is 1. The Bertz CT molecular complexity index is 1010. The number of imidazole rings is 1. The number of nitriles is 1. The number of hydrogen-bond acceptors (Lipinski definition) is 4. The second-order valence-electron chi connectivity index (χ2n) is 5.37. The number of rotatable bonds is 5. The lowest BCUT2D eigenvalue weighted by molar-refractivity contribution is -0.139. The van der Waals surface area contributed by atoms with Crippen LogP contribution >= 0.6 is 0 Å². The van der Waals surface area contributed by atoms with Crippen LogP contribution in [0.4, 0.5) is 0 Å². The number of aromatic nitrogens is 2. The van der Waals surface area contributed by atoms with E-state index >= 15 is 0 Å². The molecular weight excluding hydrogens is 318 g/mol. The van der Waals surface area contributed by atoms with E-state index in [0.717, 1.165) is 11.0 Å². The molecule has 124 valence electrons. The third-order valence-corrected chi connectivity index (χ3v) is 3.72. The number of aliphatic carboxylic acids is 1. The largest absolute Gasteiger partial charge is 0.481 e. The van der Waals surface area contributed by atoms with Crippen LogP contribution in [-0.2, 0) is 11.8 Å². The van der Waals surface area contributed by atoms with Gasteiger partial charge in [-0.3, -0.25) is 0 Å². The summed E-state index contributed by atoms with van der Waals surface area (Å²) in [6.07, 6.45) is 1.65. The van der Waals surface area contributed by atoms with Crippen molar-refractivity contribution in [3.05, 3.63) is 59.9 Å². The molecule has 0 aliphatic carbocycles. The van der Waals surface area contributed by atoms with Crippen molar-refractivity contribution in [3.8, 4) is 11.8 Å². The summed E-state index contributed by atoms with van der Waals surface area (Å²) in [6.45, 7) is -0.445. The van der Waals surface area contributed by atoms with Crippen LogP contribution < -0.4 is 4.74 Å². The first-order chi connectivity index (χ1) is 12.1. The summed E-state index contributed by atoms with van der Waals surface area (Å²) in [6, 6.07) is 16.8. The predicted molar refractivity (Wildman–Crippen MR) is 93.8 cm³/mol. The third kappa shape index (κ3) is 3.35. The molecule has 25 heavy (non-hydrogen) atoms. The van der Waals surface area contributed by atoms with Crippen molar-refractivity contribution in [1.82, 2.24) is 9.55 Å². The van der Waals surface area contributed by atoms with Crippen molar-refractivity contribution in [2.24, 2.45) is 7.05 Å². The number of hydrogen-bond donors (Lipinski definition) is 1. The molecule has 1 aromatic heterocycles. The van der Waals surface area contributed by atoms with Gasteiger partial charge in [0.1, 0.15) is 11.8 Å². The van der Waals surface area contributed by atoms with E-state index in [2.05, 4.69) is 11.1 Å². The van der Waals surface area contributed by atoms with Gasteiger partial charge < -0.3 is 14.4 Å². The zero-order chi connectivity index (χ0) is 17.8. The molecular formula is C19H15N3O3. The average molecular weight is 333 g/mol. The molecule has 6 heteroatoms. The van der Waals surface area contributed by atoms with Crippen molar-refractivity contribution in [2.75, 3.05) is 6.61 Å². The second kappa shape index (κ2) is 6.89. The lowest BCUT2D eigenvalue weighted by Gasteiger charge is -2.07. The molecule has 6 nitrogen and oxygen atoms in total. The maximum atomic E-state index is 10.7. The lowest BCUT2D eigenvalue weighted by atomic mass is 10.1. The normalized spacial score (nSPS) is 11.3. The minimum Gasteiger partial charge on any atom is -0.481 e. The number of allylic oxidation sites excluding steroid dienone is 1. The molecule has 1 N–H and O–H groups in total. The van der Waals surface area contributed by atoms with E-state index in [1.807, 2.05) is 35.9 Å².